The monoisotopic (exact) mass is 407 g/mol. The Hall–Kier alpha value is -0.760. The van der Waals surface area contributed by atoms with E-state index in [-0.39, 0.29) is 24.0 Å². The molecule has 0 aromatic carbocycles. The number of nitrogens with one attached hydrogen (secondary N) is 1. The van der Waals surface area contributed by atoms with Crippen LogP contribution in [0.25, 0.3) is 0 Å². The summed E-state index contributed by atoms with van der Waals surface area (Å²) >= 11 is 0. The van der Waals surface area contributed by atoms with E-state index in [0.29, 0.717) is 17.7 Å². The van der Waals surface area contributed by atoms with Gasteiger partial charge in [0, 0.05) is 19.6 Å². The summed E-state index contributed by atoms with van der Waals surface area (Å²) in [6, 6.07) is 3.54. The SMILES string of the molecule is CCNC(=NCC(O)c1ccco1)N1CCC(C)(C)C1.I. The van der Waals surface area contributed by atoms with Gasteiger partial charge in [-0.05, 0) is 30.9 Å². The second-order valence-electron chi connectivity index (χ2n) is 6.06. The van der Waals surface area contributed by atoms with Crippen molar-refractivity contribution in [3.05, 3.63) is 24.2 Å². The maximum absolute atomic E-state index is 10.0. The normalized spacial score (nSPS) is 19.2. The average molecular weight is 407 g/mol. The molecule has 2 heterocycles. The third-order valence-electron chi connectivity index (χ3n) is 3.60. The van der Waals surface area contributed by atoms with E-state index in [1.54, 1.807) is 18.4 Å². The number of hydrogen-bond acceptors (Lipinski definition) is 3. The number of furan rings is 1. The summed E-state index contributed by atoms with van der Waals surface area (Å²) in [6.45, 7) is 9.74. The van der Waals surface area contributed by atoms with Crippen molar-refractivity contribution in [1.29, 1.82) is 0 Å². The van der Waals surface area contributed by atoms with Crippen molar-refractivity contribution in [3.63, 3.8) is 0 Å². The van der Waals surface area contributed by atoms with Crippen molar-refractivity contribution < 1.29 is 9.52 Å². The Balaban J connectivity index is 0.00000220. The molecule has 1 aromatic rings. The zero-order valence-corrected chi connectivity index (χ0v) is 15.3. The van der Waals surface area contributed by atoms with Crippen LogP contribution < -0.4 is 5.32 Å². The Morgan fingerprint density at radius 2 is 2.33 bits per heavy atom. The third kappa shape index (κ3) is 5.18. The fourth-order valence-electron chi connectivity index (χ4n) is 2.46. The molecule has 1 aromatic heterocycles. The summed E-state index contributed by atoms with van der Waals surface area (Å²) in [4.78, 5) is 6.80. The predicted molar refractivity (Wildman–Crippen MR) is 95.0 cm³/mol. The topological polar surface area (TPSA) is 61.0 Å². The number of hydrogen-bond donors (Lipinski definition) is 2. The molecule has 2 N–H and O–H groups in total. The zero-order chi connectivity index (χ0) is 14.6. The van der Waals surface area contributed by atoms with Crippen molar-refractivity contribution in [2.75, 3.05) is 26.2 Å². The molecule has 0 spiro atoms. The third-order valence-corrected chi connectivity index (χ3v) is 3.60. The molecule has 0 radical (unpaired) electrons. The van der Waals surface area contributed by atoms with Crippen LogP contribution in [-0.4, -0.2) is 42.1 Å². The van der Waals surface area contributed by atoms with E-state index in [2.05, 4.69) is 36.0 Å². The second kappa shape index (κ2) is 8.03. The van der Waals surface area contributed by atoms with Crippen LogP contribution in [0.2, 0.25) is 0 Å². The molecule has 0 bridgehead atoms. The number of rotatable bonds is 4. The summed E-state index contributed by atoms with van der Waals surface area (Å²) in [5, 5.41) is 13.3. The molecule has 1 aliphatic rings. The minimum absolute atomic E-state index is 0. The predicted octanol–water partition coefficient (Wildman–Crippen LogP) is 2.63. The molecule has 1 saturated heterocycles. The molecule has 6 heteroatoms. The number of guanidine groups is 1. The number of halogens is 1. The van der Waals surface area contributed by atoms with Gasteiger partial charge in [-0.3, -0.25) is 0 Å². The Kier molecular flexibility index (Phi) is 6.99. The highest BCUT2D eigenvalue weighted by Crippen LogP contribution is 2.28. The first-order chi connectivity index (χ1) is 9.52. The van der Waals surface area contributed by atoms with Crippen LogP contribution in [0.3, 0.4) is 0 Å². The highest BCUT2D eigenvalue weighted by molar-refractivity contribution is 14.0. The minimum atomic E-state index is -0.686. The number of aliphatic hydroxyl groups is 1. The van der Waals surface area contributed by atoms with Crippen LogP contribution in [0.5, 0.6) is 0 Å². The lowest BCUT2D eigenvalue weighted by Crippen LogP contribution is -2.41. The molecular weight excluding hydrogens is 381 g/mol. The summed E-state index contributed by atoms with van der Waals surface area (Å²) in [5.74, 6) is 1.44. The fraction of sp³-hybridized carbons (Fsp3) is 0.667. The second-order valence-corrected chi connectivity index (χ2v) is 6.06. The Morgan fingerprint density at radius 1 is 1.57 bits per heavy atom. The van der Waals surface area contributed by atoms with Gasteiger partial charge in [-0.1, -0.05) is 13.8 Å². The Bertz CT molecular complexity index is 446. The molecule has 0 saturated carbocycles. The van der Waals surface area contributed by atoms with Crippen molar-refractivity contribution in [2.45, 2.75) is 33.3 Å². The average Bonchev–Trinajstić information content (AvgIpc) is 3.03. The standard InChI is InChI=1S/C15H25N3O2.HI/c1-4-16-14(18-8-7-15(2,3)11-18)17-10-12(19)13-6-5-9-20-13;/h5-6,9,12,19H,4,7-8,10-11H2,1-3H3,(H,16,17);1H. The Labute approximate surface area is 143 Å². The quantitative estimate of drug-likeness (QED) is 0.458. The highest BCUT2D eigenvalue weighted by atomic mass is 127. The van der Waals surface area contributed by atoms with E-state index in [1.807, 2.05) is 0 Å². The van der Waals surface area contributed by atoms with E-state index in [4.69, 9.17) is 4.42 Å². The van der Waals surface area contributed by atoms with E-state index in [9.17, 15) is 5.11 Å². The molecule has 1 unspecified atom stereocenters. The molecule has 2 rings (SSSR count). The maximum atomic E-state index is 10.0. The van der Waals surface area contributed by atoms with Gasteiger partial charge in [-0.2, -0.15) is 0 Å². The highest BCUT2D eigenvalue weighted by Gasteiger charge is 2.30. The van der Waals surface area contributed by atoms with Gasteiger partial charge in [0.25, 0.3) is 0 Å². The Morgan fingerprint density at radius 3 is 2.86 bits per heavy atom. The molecule has 1 atom stereocenters. The van der Waals surface area contributed by atoms with Gasteiger partial charge < -0.3 is 19.7 Å². The van der Waals surface area contributed by atoms with E-state index < -0.39 is 6.10 Å². The molecule has 5 nitrogen and oxygen atoms in total. The molecule has 0 aliphatic carbocycles. The maximum Gasteiger partial charge on any atom is 0.194 e. The van der Waals surface area contributed by atoms with E-state index in [1.165, 1.54) is 0 Å². The largest absolute Gasteiger partial charge is 0.467 e. The van der Waals surface area contributed by atoms with E-state index in [0.717, 1.165) is 32.0 Å². The van der Waals surface area contributed by atoms with E-state index >= 15 is 0 Å². The summed E-state index contributed by atoms with van der Waals surface area (Å²) in [5.41, 5.74) is 0.329. The minimum Gasteiger partial charge on any atom is -0.467 e. The summed E-state index contributed by atoms with van der Waals surface area (Å²) in [7, 11) is 0. The van der Waals surface area contributed by atoms with Gasteiger partial charge in [0.1, 0.15) is 11.9 Å². The molecular formula is C15H26IN3O2. The molecule has 1 fully saturated rings. The lowest BCUT2D eigenvalue weighted by Gasteiger charge is -2.24. The van der Waals surface area contributed by atoms with Gasteiger partial charge in [0.05, 0.1) is 12.8 Å². The number of aliphatic imine (C=N–C) groups is 1. The lowest BCUT2D eigenvalue weighted by atomic mass is 9.93. The molecule has 0 amide bonds. The molecule has 120 valence electrons. The fourth-order valence-corrected chi connectivity index (χ4v) is 2.46. The van der Waals surface area contributed by atoms with Crippen LogP contribution in [0.4, 0.5) is 0 Å². The van der Waals surface area contributed by atoms with Crippen molar-refractivity contribution in [3.8, 4) is 0 Å². The van der Waals surface area contributed by atoms with Crippen LogP contribution in [0, 0.1) is 5.41 Å². The van der Waals surface area contributed by atoms with Gasteiger partial charge >= 0.3 is 0 Å². The zero-order valence-electron chi connectivity index (χ0n) is 13.0. The van der Waals surface area contributed by atoms with Gasteiger partial charge in [0.15, 0.2) is 5.96 Å². The van der Waals surface area contributed by atoms with Crippen LogP contribution in [0.1, 0.15) is 39.1 Å². The first-order valence-corrected chi connectivity index (χ1v) is 7.26. The van der Waals surface area contributed by atoms with Crippen molar-refractivity contribution in [1.82, 2.24) is 10.2 Å². The van der Waals surface area contributed by atoms with Crippen molar-refractivity contribution >= 4 is 29.9 Å². The van der Waals surface area contributed by atoms with Crippen LogP contribution in [-0.2, 0) is 0 Å². The molecule has 1 aliphatic heterocycles. The number of aliphatic hydroxyl groups excluding tert-OH is 1. The van der Waals surface area contributed by atoms with Gasteiger partial charge in [0.2, 0.25) is 0 Å². The summed E-state index contributed by atoms with van der Waals surface area (Å²) < 4.78 is 5.19. The molecule has 21 heavy (non-hydrogen) atoms. The van der Waals surface area contributed by atoms with Gasteiger partial charge in [-0.15, -0.1) is 24.0 Å². The van der Waals surface area contributed by atoms with Crippen LogP contribution in [0.15, 0.2) is 27.8 Å². The van der Waals surface area contributed by atoms with Gasteiger partial charge in [-0.25, -0.2) is 4.99 Å². The number of likely N-dealkylation sites (tertiary alicyclic amines) is 1. The first kappa shape index (κ1) is 18.3. The summed E-state index contributed by atoms with van der Waals surface area (Å²) in [6.07, 6.45) is 2.04. The van der Waals surface area contributed by atoms with Crippen LogP contribution >= 0.6 is 24.0 Å². The first-order valence-electron chi connectivity index (χ1n) is 7.26. The van der Waals surface area contributed by atoms with Crippen molar-refractivity contribution in [2.24, 2.45) is 10.4 Å². The lowest BCUT2D eigenvalue weighted by molar-refractivity contribution is 0.158. The number of nitrogens with zero attached hydrogens (tertiary/aromatic N) is 2. The smallest absolute Gasteiger partial charge is 0.194 e.